The van der Waals surface area contributed by atoms with Gasteiger partial charge < -0.3 is 24.6 Å². The van der Waals surface area contributed by atoms with Crippen molar-refractivity contribution in [3.05, 3.63) is 52.7 Å². The average Bonchev–Trinajstić information content (AvgIpc) is 3.70. The van der Waals surface area contributed by atoms with Crippen LogP contribution in [-0.4, -0.2) is 87.9 Å². The normalized spacial score (nSPS) is 24.8. The Morgan fingerprint density at radius 3 is 2.51 bits per heavy atom. The first-order chi connectivity index (χ1) is 19.3. The molecule has 1 aromatic heterocycles. The van der Waals surface area contributed by atoms with Gasteiger partial charge in [-0.15, -0.1) is 4.58 Å². The third kappa shape index (κ3) is 6.48. The molecule has 3 aliphatic heterocycles. The van der Waals surface area contributed by atoms with Crippen LogP contribution < -0.4 is 5.32 Å². The molecule has 0 radical (unpaired) electrons. The number of pyridine rings is 1. The van der Waals surface area contributed by atoms with E-state index < -0.39 is 23.2 Å². The Morgan fingerprint density at radius 1 is 1.24 bits per heavy atom. The highest BCUT2D eigenvalue weighted by atomic mass is 16.6. The molecule has 1 saturated carbocycles. The number of carboxylic acid groups (broad SMARTS) is 1. The molecule has 1 saturated heterocycles. The highest BCUT2D eigenvalue weighted by molar-refractivity contribution is 5.84. The van der Waals surface area contributed by atoms with Crippen molar-refractivity contribution in [1.82, 2.24) is 15.2 Å². The van der Waals surface area contributed by atoms with Gasteiger partial charge in [0.2, 0.25) is 0 Å². The van der Waals surface area contributed by atoms with Crippen LogP contribution >= 0.6 is 0 Å². The van der Waals surface area contributed by atoms with Crippen LogP contribution in [0.25, 0.3) is 0 Å². The molecule has 0 aromatic carbocycles. The molecule has 0 bridgehead atoms. The minimum Gasteiger partial charge on any atom is -0.481 e. The minimum absolute atomic E-state index is 0.0341. The summed E-state index contributed by atoms with van der Waals surface area (Å²) in [5.41, 5.74) is 2.62. The van der Waals surface area contributed by atoms with Crippen LogP contribution in [0.5, 0.6) is 0 Å². The second-order valence-corrected chi connectivity index (χ2v) is 12.9. The number of hydrogen-bond donors (Lipinski definition) is 2. The van der Waals surface area contributed by atoms with Gasteiger partial charge in [-0.1, -0.05) is 6.07 Å². The van der Waals surface area contributed by atoms with Gasteiger partial charge in [-0.25, -0.2) is 4.79 Å². The SMILES string of the molecule is CC1=CC(O[C@H](CN2CC[N+](C(=O)OC(C)(C)C)=C(C)C2)c2ccc(C3CC3)cn2)=C(C2COC2)NC1(C)C(=O)O. The van der Waals surface area contributed by atoms with E-state index in [-0.39, 0.29) is 12.0 Å². The zero-order valence-electron chi connectivity index (χ0n) is 25.0. The fourth-order valence-electron chi connectivity index (χ4n) is 5.36. The van der Waals surface area contributed by atoms with Gasteiger partial charge in [0.1, 0.15) is 11.4 Å². The van der Waals surface area contributed by atoms with E-state index in [2.05, 4.69) is 16.3 Å². The Morgan fingerprint density at radius 2 is 1.98 bits per heavy atom. The molecular weight excluding hydrogens is 524 g/mol. The summed E-state index contributed by atoms with van der Waals surface area (Å²) in [5.74, 6) is 0.321. The molecule has 2 fully saturated rings. The number of aromatic nitrogens is 1. The number of nitrogens with zero attached hydrogens (tertiary/aromatic N) is 3. The van der Waals surface area contributed by atoms with Crippen molar-refractivity contribution >= 4 is 17.8 Å². The number of carbonyl (C=O) groups excluding carboxylic acids is 1. The maximum absolute atomic E-state index is 12.8. The molecule has 2 atom stereocenters. The number of amides is 1. The van der Waals surface area contributed by atoms with E-state index in [1.165, 1.54) is 18.4 Å². The monoisotopic (exact) mass is 567 g/mol. The Bertz CT molecular complexity index is 1290. The van der Waals surface area contributed by atoms with Crippen molar-refractivity contribution in [2.45, 2.75) is 77.5 Å². The molecule has 10 heteroatoms. The number of carbonyl (C=O) groups is 2. The van der Waals surface area contributed by atoms with Crippen molar-refractivity contribution in [2.24, 2.45) is 5.92 Å². The number of ether oxygens (including phenoxy) is 3. The van der Waals surface area contributed by atoms with Crippen molar-refractivity contribution in [3.8, 4) is 0 Å². The van der Waals surface area contributed by atoms with E-state index >= 15 is 0 Å². The third-order valence-corrected chi connectivity index (χ3v) is 8.31. The summed E-state index contributed by atoms with van der Waals surface area (Å²) < 4.78 is 19.5. The van der Waals surface area contributed by atoms with E-state index in [9.17, 15) is 14.7 Å². The van der Waals surface area contributed by atoms with Gasteiger partial charge in [0, 0.05) is 25.6 Å². The molecule has 0 spiro atoms. The van der Waals surface area contributed by atoms with E-state index in [4.69, 9.17) is 19.2 Å². The number of rotatable bonds is 8. The molecule has 41 heavy (non-hydrogen) atoms. The van der Waals surface area contributed by atoms with Gasteiger partial charge >= 0.3 is 12.1 Å². The maximum Gasteiger partial charge on any atom is 0.596 e. The van der Waals surface area contributed by atoms with Gasteiger partial charge in [0.25, 0.3) is 0 Å². The summed E-state index contributed by atoms with van der Waals surface area (Å²) in [6.07, 6.45) is 5.48. The molecule has 1 amide bonds. The summed E-state index contributed by atoms with van der Waals surface area (Å²) in [6.45, 7) is 14.4. The first-order valence-electron chi connectivity index (χ1n) is 14.5. The first-order valence-corrected chi connectivity index (χ1v) is 14.5. The van der Waals surface area contributed by atoms with Crippen molar-refractivity contribution in [3.63, 3.8) is 0 Å². The van der Waals surface area contributed by atoms with Crippen LogP contribution in [0, 0.1) is 5.92 Å². The van der Waals surface area contributed by atoms with Crippen LogP contribution in [-0.2, 0) is 19.0 Å². The first kappa shape index (κ1) is 29.3. The number of allylic oxidation sites excluding steroid dienone is 1. The summed E-state index contributed by atoms with van der Waals surface area (Å²) in [4.78, 5) is 32.0. The zero-order valence-corrected chi connectivity index (χ0v) is 25.0. The largest absolute Gasteiger partial charge is 0.596 e. The van der Waals surface area contributed by atoms with E-state index in [1.54, 1.807) is 11.5 Å². The molecule has 5 rings (SSSR count). The number of carboxylic acids is 1. The van der Waals surface area contributed by atoms with Crippen LogP contribution in [0.1, 0.15) is 77.7 Å². The van der Waals surface area contributed by atoms with Gasteiger partial charge in [-0.3, -0.25) is 9.88 Å². The van der Waals surface area contributed by atoms with Crippen molar-refractivity contribution in [2.75, 3.05) is 39.4 Å². The highest BCUT2D eigenvalue weighted by Gasteiger charge is 2.43. The van der Waals surface area contributed by atoms with Gasteiger partial charge in [-0.2, -0.15) is 4.79 Å². The lowest BCUT2D eigenvalue weighted by molar-refractivity contribution is -0.458. The lowest BCUT2D eigenvalue weighted by Crippen LogP contribution is -2.55. The molecule has 1 aliphatic carbocycles. The van der Waals surface area contributed by atoms with E-state index in [0.29, 0.717) is 56.6 Å². The quantitative estimate of drug-likeness (QED) is 0.450. The van der Waals surface area contributed by atoms with Crippen LogP contribution in [0.4, 0.5) is 4.79 Å². The minimum atomic E-state index is -1.22. The second kappa shape index (κ2) is 11.2. The standard InChI is InChI=1S/C31H42N4O6/c1-19-13-25(27(23-17-39-18-23)33-31(19,6)28(36)37)40-26(24-10-9-22(14-32-24)21-7-8-21)16-34-11-12-35(20(2)15-34)29(38)41-30(3,4)5/h9-10,13-14,21,23,26,33H,7-8,11-12,15-18H2,1-6H3/p+1/t26-,31?/m1/s1. The van der Waals surface area contributed by atoms with Crippen LogP contribution in [0.2, 0.25) is 0 Å². The Kier molecular flexibility index (Phi) is 8.00. The number of nitrogens with one attached hydrogen (secondary N) is 1. The summed E-state index contributed by atoms with van der Waals surface area (Å²) in [5, 5.41) is 13.3. The van der Waals surface area contributed by atoms with Crippen LogP contribution in [0.15, 0.2) is 41.4 Å². The van der Waals surface area contributed by atoms with Crippen molar-refractivity contribution < 1.29 is 33.5 Å². The molecule has 222 valence electrons. The maximum atomic E-state index is 12.8. The lowest BCUT2D eigenvalue weighted by Gasteiger charge is -2.40. The Balaban J connectivity index is 1.41. The summed E-state index contributed by atoms with van der Waals surface area (Å²) >= 11 is 0. The van der Waals surface area contributed by atoms with E-state index in [0.717, 1.165) is 17.1 Å². The molecule has 4 aliphatic rings. The predicted octanol–water partition coefficient (Wildman–Crippen LogP) is 3.99. The third-order valence-electron chi connectivity index (χ3n) is 8.31. The molecule has 1 unspecified atom stereocenters. The number of aliphatic carboxylic acids is 1. The summed E-state index contributed by atoms with van der Waals surface area (Å²) in [6, 6.07) is 4.19. The van der Waals surface area contributed by atoms with Gasteiger partial charge in [0.15, 0.2) is 23.9 Å². The zero-order chi connectivity index (χ0) is 29.5. The smallest absolute Gasteiger partial charge is 0.481 e. The second-order valence-electron chi connectivity index (χ2n) is 12.9. The molecule has 2 N–H and O–H groups in total. The van der Waals surface area contributed by atoms with Gasteiger partial charge in [0.05, 0.1) is 37.7 Å². The Labute approximate surface area is 242 Å². The lowest BCUT2D eigenvalue weighted by atomic mass is 9.86. The van der Waals surface area contributed by atoms with Crippen molar-refractivity contribution in [1.29, 1.82) is 0 Å². The number of hydrogen-bond acceptors (Lipinski definition) is 8. The molecule has 1 aromatic rings. The molecule has 10 nitrogen and oxygen atoms in total. The van der Waals surface area contributed by atoms with E-state index in [1.807, 2.05) is 53.0 Å². The summed E-state index contributed by atoms with van der Waals surface area (Å²) in [7, 11) is 0. The predicted molar refractivity (Wildman–Crippen MR) is 153 cm³/mol. The number of dihydropyridines is 1. The highest BCUT2D eigenvalue weighted by Crippen LogP contribution is 2.40. The van der Waals surface area contributed by atoms with Gasteiger partial charge in [-0.05, 0) is 76.7 Å². The van der Waals surface area contributed by atoms with Crippen LogP contribution in [0.3, 0.4) is 0 Å². The average molecular weight is 568 g/mol. The fraction of sp³-hybridized carbons (Fsp3) is 0.613. The fourth-order valence-corrected chi connectivity index (χ4v) is 5.36. The Hall–Kier alpha value is -3.24. The molecular formula is C31H43N4O6+. The molecule has 4 heterocycles. The topological polar surface area (TPSA) is 113 Å².